The van der Waals surface area contributed by atoms with E-state index in [9.17, 15) is 9.59 Å². The van der Waals surface area contributed by atoms with Gasteiger partial charge in [-0.3, -0.25) is 9.48 Å². The molecule has 1 aromatic carbocycles. The Balaban J connectivity index is 2.07. The lowest BCUT2D eigenvalue weighted by Crippen LogP contribution is -2.25. The van der Waals surface area contributed by atoms with Crippen LogP contribution in [0.2, 0.25) is 0 Å². The third-order valence-corrected chi connectivity index (χ3v) is 3.76. The molecular weight excluding hydrogens is 270 g/mol. The van der Waals surface area contributed by atoms with Gasteiger partial charge in [-0.25, -0.2) is 4.79 Å². The van der Waals surface area contributed by atoms with E-state index in [1.807, 2.05) is 18.2 Å². The molecule has 0 saturated carbocycles. The van der Waals surface area contributed by atoms with E-state index in [1.165, 1.54) is 10.7 Å². The minimum atomic E-state index is -1.05. The fraction of sp³-hybridized carbons (Fsp3) is 0.267. The fourth-order valence-electron chi connectivity index (χ4n) is 2.71. The van der Waals surface area contributed by atoms with Crippen molar-refractivity contribution in [3.63, 3.8) is 0 Å². The standard InChI is InChI=1S/C15H15N3O3/c1-9(19)18-6-5-10-3-4-11(7-14(10)18)13-8-12(15(20)21)16-17(13)2/h3-4,7-8H,5-6H2,1-2H3,(H,20,21). The molecule has 0 spiro atoms. The van der Waals surface area contributed by atoms with Gasteiger partial charge in [0.1, 0.15) is 0 Å². The summed E-state index contributed by atoms with van der Waals surface area (Å²) >= 11 is 0. The van der Waals surface area contributed by atoms with Crippen molar-refractivity contribution in [2.75, 3.05) is 11.4 Å². The van der Waals surface area contributed by atoms with Gasteiger partial charge >= 0.3 is 5.97 Å². The number of carboxylic acid groups (broad SMARTS) is 1. The number of anilines is 1. The predicted molar refractivity (Wildman–Crippen MR) is 77.3 cm³/mol. The number of hydrogen-bond acceptors (Lipinski definition) is 3. The van der Waals surface area contributed by atoms with Gasteiger partial charge in [0.25, 0.3) is 0 Å². The molecule has 2 heterocycles. The lowest BCUT2D eigenvalue weighted by atomic mass is 10.1. The largest absolute Gasteiger partial charge is 0.476 e. The van der Waals surface area contributed by atoms with Gasteiger partial charge in [0, 0.05) is 31.8 Å². The van der Waals surface area contributed by atoms with Crippen LogP contribution in [0, 0.1) is 0 Å². The summed E-state index contributed by atoms with van der Waals surface area (Å²) in [4.78, 5) is 24.4. The summed E-state index contributed by atoms with van der Waals surface area (Å²) < 4.78 is 1.54. The summed E-state index contributed by atoms with van der Waals surface area (Å²) in [5.41, 5.74) is 3.61. The van der Waals surface area contributed by atoms with Crippen LogP contribution < -0.4 is 4.90 Å². The number of aryl methyl sites for hydroxylation is 1. The van der Waals surface area contributed by atoms with E-state index < -0.39 is 5.97 Å². The van der Waals surface area contributed by atoms with Gasteiger partial charge in [0.15, 0.2) is 5.69 Å². The highest BCUT2D eigenvalue weighted by Gasteiger charge is 2.23. The molecule has 1 amide bonds. The lowest BCUT2D eigenvalue weighted by molar-refractivity contribution is -0.116. The molecule has 1 N–H and O–H groups in total. The molecule has 1 aromatic heterocycles. The second kappa shape index (κ2) is 4.73. The SMILES string of the molecule is CC(=O)N1CCc2ccc(-c3cc(C(=O)O)nn3C)cc21. The number of carbonyl (C=O) groups is 2. The van der Waals surface area contributed by atoms with Crippen molar-refractivity contribution in [3.05, 3.63) is 35.5 Å². The van der Waals surface area contributed by atoms with Crippen molar-refractivity contribution in [2.45, 2.75) is 13.3 Å². The number of aromatic carboxylic acids is 1. The zero-order chi connectivity index (χ0) is 15.1. The first kappa shape index (κ1) is 13.4. The van der Waals surface area contributed by atoms with Gasteiger partial charge in [-0.15, -0.1) is 0 Å². The molecule has 6 nitrogen and oxygen atoms in total. The average Bonchev–Trinajstić information content (AvgIpc) is 3.01. The van der Waals surface area contributed by atoms with Gasteiger partial charge in [0.05, 0.1) is 5.69 Å². The summed E-state index contributed by atoms with van der Waals surface area (Å²) in [6.07, 6.45) is 0.848. The van der Waals surface area contributed by atoms with Crippen molar-refractivity contribution in [1.29, 1.82) is 0 Å². The molecule has 3 rings (SSSR count). The Kier molecular flexibility index (Phi) is 3.01. The Morgan fingerprint density at radius 2 is 2.05 bits per heavy atom. The first-order valence-corrected chi connectivity index (χ1v) is 6.66. The van der Waals surface area contributed by atoms with Crippen molar-refractivity contribution in [2.24, 2.45) is 7.05 Å². The van der Waals surface area contributed by atoms with E-state index in [-0.39, 0.29) is 11.6 Å². The Labute approximate surface area is 121 Å². The Morgan fingerprint density at radius 1 is 1.29 bits per heavy atom. The molecule has 1 aliphatic heterocycles. The fourth-order valence-corrected chi connectivity index (χ4v) is 2.71. The van der Waals surface area contributed by atoms with Crippen LogP contribution in [-0.2, 0) is 18.3 Å². The number of aromatic nitrogens is 2. The van der Waals surface area contributed by atoms with Crippen LogP contribution in [0.5, 0.6) is 0 Å². The van der Waals surface area contributed by atoms with E-state index in [4.69, 9.17) is 5.11 Å². The number of fused-ring (bicyclic) bond motifs is 1. The number of rotatable bonds is 2. The Bertz CT molecular complexity index is 749. The predicted octanol–water partition coefficient (Wildman–Crippen LogP) is 1.69. The van der Waals surface area contributed by atoms with Gasteiger partial charge in [0.2, 0.25) is 5.91 Å². The maximum Gasteiger partial charge on any atom is 0.356 e. The van der Waals surface area contributed by atoms with Gasteiger partial charge in [-0.1, -0.05) is 12.1 Å². The topological polar surface area (TPSA) is 75.4 Å². The number of nitrogens with zero attached hydrogens (tertiary/aromatic N) is 3. The second-order valence-corrected chi connectivity index (χ2v) is 5.11. The molecule has 0 unspecified atom stereocenters. The van der Waals surface area contributed by atoms with E-state index in [0.717, 1.165) is 23.2 Å². The lowest BCUT2D eigenvalue weighted by Gasteiger charge is -2.15. The van der Waals surface area contributed by atoms with Crippen LogP contribution in [0.25, 0.3) is 11.3 Å². The summed E-state index contributed by atoms with van der Waals surface area (Å²) in [5, 5.41) is 13.0. The first-order chi connectivity index (χ1) is 9.97. The molecule has 0 radical (unpaired) electrons. The number of hydrogen-bond donors (Lipinski definition) is 1. The van der Waals surface area contributed by atoms with Crippen LogP contribution >= 0.6 is 0 Å². The number of amides is 1. The van der Waals surface area contributed by atoms with Crippen LogP contribution in [0.1, 0.15) is 23.0 Å². The van der Waals surface area contributed by atoms with Gasteiger partial charge < -0.3 is 10.0 Å². The average molecular weight is 285 g/mol. The van der Waals surface area contributed by atoms with E-state index in [0.29, 0.717) is 12.2 Å². The van der Waals surface area contributed by atoms with Crippen LogP contribution in [0.15, 0.2) is 24.3 Å². The number of carboxylic acids is 1. The summed E-state index contributed by atoms with van der Waals surface area (Å²) in [5.74, 6) is -1.04. The van der Waals surface area contributed by atoms with Crippen molar-refractivity contribution in [3.8, 4) is 11.3 Å². The molecule has 0 atom stereocenters. The number of benzene rings is 1. The van der Waals surface area contributed by atoms with E-state index in [2.05, 4.69) is 5.10 Å². The summed E-state index contributed by atoms with van der Waals surface area (Å²) in [6.45, 7) is 2.24. The molecule has 6 heteroatoms. The minimum Gasteiger partial charge on any atom is -0.476 e. The molecule has 0 fully saturated rings. The van der Waals surface area contributed by atoms with Crippen LogP contribution in [0.4, 0.5) is 5.69 Å². The smallest absolute Gasteiger partial charge is 0.356 e. The van der Waals surface area contributed by atoms with E-state index in [1.54, 1.807) is 18.9 Å². The zero-order valence-corrected chi connectivity index (χ0v) is 11.8. The highest BCUT2D eigenvalue weighted by Crippen LogP contribution is 2.33. The summed E-state index contributed by atoms with van der Waals surface area (Å²) in [7, 11) is 1.71. The van der Waals surface area contributed by atoms with E-state index >= 15 is 0 Å². The maximum atomic E-state index is 11.6. The first-order valence-electron chi connectivity index (χ1n) is 6.66. The maximum absolute atomic E-state index is 11.6. The third kappa shape index (κ3) is 2.18. The van der Waals surface area contributed by atoms with Crippen molar-refractivity contribution >= 4 is 17.6 Å². The highest BCUT2D eigenvalue weighted by molar-refractivity contribution is 5.95. The minimum absolute atomic E-state index is 0.0106. The monoisotopic (exact) mass is 285 g/mol. The molecule has 0 bridgehead atoms. The van der Waals surface area contributed by atoms with Gasteiger partial charge in [-0.05, 0) is 24.1 Å². The van der Waals surface area contributed by atoms with Crippen LogP contribution in [-0.4, -0.2) is 33.3 Å². The molecule has 1 aliphatic rings. The molecule has 0 aliphatic carbocycles. The van der Waals surface area contributed by atoms with Crippen LogP contribution in [0.3, 0.4) is 0 Å². The Morgan fingerprint density at radius 3 is 2.67 bits per heavy atom. The molecule has 2 aromatic rings. The highest BCUT2D eigenvalue weighted by atomic mass is 16.4. The molecular formula is C15H15N3O3. The molecule has 108 valence electrons. The zero-order valence-electron chi connectivity index (χ0n) is 11.8. The number of carbonyl (C=O) groups excluding carboxylic acids is 1. The quantitative estimate of drug-likeness (QED) is 0.911. The molecule has 0 saturated heterocycles. The molecule has 21 heavy (non-hydrogen) atoms. The normalized spacial score (nSPS) is 13.3. The van der Waals surface area contributed by atoms with Crippen molar-refractivity contribution in [1.82, 2.24) is 9.78 Å². The summed E-state index contributed by atoms with van der Waals surface area (Å²) in [6, 6.07) is 7.38. The second-order valence-electron chi connectivity index (χ2n) is 5.11. The third-order valence-electron chi connectivity index (χ3n) is 3.76. The Hall–Kier alpha value is -2.63. The van der Waals surface area contributed by atoms with Gasteiger partial charge in [-0.2, -0.15) is 5.10 Å². The van der Waals surface area contributed by atoms with Crippen molar-refractivity contribution < 1.29 is 14.7 Å².